The summed E-state index contributed by atoms with van der Waals surface area (Å²) in [6.07, 6.45) is 4.30. The average molecular weight is 286 g/mol. The van der Waals surface area contributed by atoms with Gasteiger partial charge in [-0.15, -0.1) is 0 Å². The van der Waals surface area contributed by atoms with Crippen LogP contribution >= 0.6 is 0 Å². The molecule has 0 bridgehead atoms. The third-order valence-electron chi connectivity index (χ3n) is 4.47. The van der Waals surface area contributed by atoms with Crippen molar-refractivity contribution < 1.29 is 9.53 Å². The van der Waals surface area contributed by atoms with Gasteiger partial charge in [0, 0.05) is 23.0 Å². The van der Waals surface area contributed by atoms with Crippen molar-refractivity contribution >= 4 is 17.0 Å². The number of carbonyl (C=O) groups is 1. The highest BCUT2D eigenvalue weighted by Gasteiger charge is 2.23. The third-order valence-corrected chi connectivity index (χ3v) is 4.47. The first-order chi connectivity index (χ1) is 10.1. The van der Waals surface area contributed by atoms with Gasteiger partial charge in [-0.1, -0.05) is 31.9 Å². The van der Waals surface area contributed by atoms with Gasteiger partial charge >= 0.3 is 6.09 Å². The fourth-order valence-corrected chi connectivity index (χ4v) is 3.15. The highest BCUT2D eigenvalue weighted by atomic mass is 16.6. The standard InChI is InChI=1S/C17H22N2O2/c1-11-7-5-9-15-13(11)10-16(18-15)21-17(20)19-14-8-4-3-6-12(14)2/h5,7,9-10,12,14,18H,3-4,6,8H2,1-2H3,(H,19,20)/t12-,14+/m0/s1. The molecule has 21 heavy (non-hydrogen) atoms. The molecular formula is C17H22N2O2. The normalized spacial score (nSPS) is 22.2. The Balaban J connectivity index is 1.67. The lowest BCUT2D eigenvalue weighted by Crippen LogP contribution is -2.42. The number of amides is 1. The maximum absolute atomic E-state index is 12.0. The van der Waals surface area contributed by atoms with Gasteiger partial charge in [0.05, 0.1) is 0 Å². The molecule has 1 aliphatic rings. The highest BCUT2D eigenvalue weighted by molar-refractivity contribution is 5.85. The van der Waals surface area contributed by atoms with Crippen molar-refractivity contribution in [3.05, 3.63) is 29.8 Å². The quantitative estimate of drug-likeness (QED) is 0.871. The summed E-state index contributed by atoms with van der Waals surface area (Å²) in [6.45, 7) is 4.24. The zero-order valence-electron chi connectivity index (χ0n) is 12.6. The molecule has 0 aliphatic heterocycles. The Morgan fingerprint density at radius 3 is 2.90 bits per heavy atom. The van der Waals surface area contributed by atoms with Crippen LogP contribution < -0.4 is 10.1 Å². The van der Waals surface area contributed by atoms with E-state index in [0.717, 1.165) is 17.3 Å². The van der Waals surface area contributed by atoms with Gasteiger partial charge < -0.3 is 15.0 Å². The lowest BCUT2D eigenvalue weighted by molar-refractivity contribution is 0.182. The van der Waals surface area contributed by atoms with Crippen LogP contribution in [0.4, 0.5) is 4.79 Å². The second-order valence-corrected chi connectivity index (χ2v) is 6.07. The number of hydrogen-bond donors (Lipinski definition) is 2. The monoisotopic (exact) mass is 286 g/mol. The summed E-state index contributed by atoms with van der Waals surface area (Å²) in [5.41, 5.74) is 2.16. The van der Waals surface area contributed by atoms with Crippen molar-refractivity contribution in [2.75, 3.05) is 0 Å². The molecule has 4 heteroatoms. The number of rotatable bonds is 2. The van der Waals surface area contributed by atoms with Crippen molar-refractivity contribution in [3.63, 3.8) is 0 Å². The number of nitrogens with one attached hydrogen (secondary N) is 2. The van der Waals surface area contributed by atoms with Crippen LogP contribution in [-0.4, -0.2) is 17.1 Å². The summed E-state index contributed by atoms with van der Waals surface area (Å²) < 4.78 is 5.40. The highest BCUT2D eigenvalue weighted by Crippen LogP contribution is 2.25. The van der Waals surface area contributed by atoms with Crippen LogP contribution in [0.1, 0.15) is 38.2 Å². The van der Waals surface area contributed by atoms with E-state index in [1.807, 2.05) is 31.2 Å². The van der Waals surface area contributed by atoms with E-state index >= 15 is 0 Å². The van der Waals surface area contributed by atoms with Crippen molar-refractivity contribution in [2.45, 2.75) is 45.6 Å². The minimum Gasteiger partial charge on any atom is -0.393 e. The molecular weight excluding hydrogens is 264 g/mol. The Morgan fingerprint density at radius 2 is 2.14 bits per heavy atom. The SMILES string of the molecule is Cc1cccc2[nH]c(OC(=O)N[C@@H]3CCCC[C@@H]3C)cc12. The Labute approximate surface area is 124 Å². The van der Waals surface area contributed by atoms with E-state index in [4.69, 9.17) is 4.74 Å². The zero-order chi connectivity index (χ0) is 14.8. The van der Waals surface area contributed by atoms with Crippen LogP contribution in [0.5, 0.6) is 5.88 Å². The Bertz CT molecular complexity index is 647. The number of aromatic amines is 1. The smallest absolute Gasteiger partial charge is 0.393 e. The topological polar surface area (TPSA) is 54.1 Å². The van der Waals surface area contributed by atoms with Gasteiger partial charge in [0.25, 0.3) is 0 Å². The van der Waals surface area contributed by atoms with Crippen LogP contribution in [0, 0.1) is 12.8 Å². The second-order valence-electron chi connectivity index (χ2n) is 6.07. The first-order valence-electron chi connectivity index (χ1n) is 7.70. The molecule has 0 unspecified atom stereocenters. The molecule has 4 nitrogen and oxygen atoms in total. The van der Waals surface area contributed by atoms with Crippen LogP contribution in [-0.2, 0) is 0 Å². The van der Waals surface area contributed by atoms with E-state index < -0.39 is 0 Å². The molecule has 0 saturated heterocycles. The second kappa shape index (κ2) is 5.80. The number of hydrogen-bond acceptors (Lipinski definition) is 2. The van der Waals surface area contributed by atoms with E-state index in [1.165, 1.54) is 24.8 Å². The van der Waals surface area contributed by atoms with Crippen LogP contribution in [0.15, 0.2) is 24.3 Å². The van der Waals surface area contributed by atoms with Gasteiger partial charge in [-0.3, -0.25) is 0 Å². The van der Waals surface area contributed by atoms with E-state index in [2.05, 4.69) is 17.2 Å². The van der Waals surface area contributed by atoms with E-state index in [-0.39, 0.29) is 12.1 Å². The summed E-state index contributed by atoms with van der Waals surface area (Å²) in [7, 11) is 0. The molecule has 1 heterocycles. The predicted octanol–water partition coefficient (Wildman–Crippen LogP) is 4.14. The summed E-state index contributed by atoms with van der Waals surface area (Å²) in [5, 5.41) is 4.08. The minimum atomic E-state index is -0.363. The number of fused-ring (bicyclic) bond motifs is 1. The number of aryl methyl sites for hydroxylation is 1. The summed E-state index contributed by atoms with van der Waals surface area (Å²) >= 11 is 0. The van der Waals surface area contributed by atoms with Gasteiger partial charge in [0.15, 0.2) is 0 Å². The number of aromatic nitrogens is 1. The first kappa shape index (κ1) is 14.0. The third kappa shape index (κ3) is 3.04. The lowest BCUT2D eigenvalue weighted by Gasteiger charge is -2.28. The minimum absolute atomic E-state index is 0.234. The molecule has 1 fully saturated rings. The fraction of sp³-hybridized carbons (Fsp3) is 0.471. The number of ether oxygens (including phenoxy) is 1. The van der Waals surface area contributed by atoms with Gasteiger partial charge in [-0.05, 0) is 37.3 Å². The Kier molecular flexibility index (Phi) is 3.86. The molecule has 0 radical (unpaired) electrons. The van der Waals surface area contributed by atoms with Gasteiger partial charge in [-0.25, -0.2) is 4.79 Å². The van der Waals surface area contributed by atoms with Crippen molar-refractivity contribution in [2.24, 2.45) is 5.92 Å². The van der Waals surface area contributed by atoms with Crippen LogP contribution in [0.2, 0.25) is 0 Å². The molecule has 3 rings (SSSR count). The predicted molar refractivity (Wildman–Crippen MR) is 83.6 cm³/mol. The maximum atomic E-state index is 12.0. The van der Waals surface area contributed by atoms with Gasteiger partial charge in [0.1, 0.15) is 0 Å². The molecule has 1 aromatic heterocycles. The lowest BCUT2D eigenvalue weighted by atomic mass is 9.86. The maximum Gasteiger partial charge on any atom is 0.414 e. The molecule has 2 N–H and O–H groups in total. The van der Waals surface area contributed by atoms with Crippen molar-refractivity contribution in [1.29, 1.82) is 0 Å². The number of carbonyl (C=O) groups excluding carboxylic acids is 1. The fourth-order valence-electron chi connectivity index (χ4n) is 3.15. The summed E-state index contributed by atoms with van der Waals surface area (Å²) in [5.74, 6) is 1.02. The molecule has 1 aliphatic carbocycles. The number of H-pyrrole nitrogens is 1. The van der Waals surface area contributed by atoms with E-state index in [0.29, 0.717) is 11.8 Å². The average Bonchev–Trinajstić information content (AvgIpc) is 2.85. The Hall–Kier alpha value is -1.97. The first-order valence-corrected chi connectivity index (χ1v) is 7.70. The van der Waals surface area contributed by atoms with Crippen LogP contribution in [0.25, 0.3) is 10.9 Å². The molecule has 112 valence electrons. The van der Waals surface area contributed by atoms with Crippen molar-refractivity contribution in [1.82, 2.24) is 10.3 Å². The molecule has 2 aromatic rings. The molecule has 1 amide bonds. The van der Waals surface area contributed by atoms with Crippen molar-refractivity contribution in [3.8, 4) is 5.88 Å². The van der Waals surface area contributed by atoms with Gasteiger partial charge in [-0.2, -0.15) is 0 Å². The molecule has 0 spiro atoms. The molecule has 1 aromatic carbocycles. The molecule has 2 atom stereocenters. The zero-order valence-corrected chi connectivity index (χ0v) is 12.6. The number of benzene rings is 1. The van der Waals surface area contributed by atoms with Gasteiger partial charge in [0.2, 0.25) is 5.88 Å². The Morgan fingerprint density at radius 1 is 1.33 bits per heavy atom. The van der Waals surface area contributed by atoms with Crippen LogP contribution in [0.3, 0.4) is 0 Å². The van der Waals surface area contributed by atoms with E-state index in [9.17, 15) is 4.79 Å². The summed E-state index contributed by atoms with van der Waals surface area (Å²) in [6, 6.07) is 8.13. The van der Waals surface area contributed by atoms with E-state index in [1.54, 1.807) is 0 Å². The summed E-state index contributed by atoms with van der Waals surface area (Å²) in [4.78, 5) is 15.2. The molecule has 1 saturated carbocycles. The largest absolute Gasteiger partial charge is 0.414 e.